The van der Waals surface area contributed by atoms with Crippen molar-refractivity contribution < 1.29 is 13.6 Å². The van der Waals surface area contributed by atoms with Gasteiger partial charge in [0.05, 0.1) is 13.2 Å². The van der Waals surface area contributed by atoms with Gasteiger partial charge in [-0.2, -0.15) is 0 Å². The van der Waals surface area contributed by atoms with Gasteiger partial charge >= 0.3 is 7.60 Å². The lowest BCUT2D eigenvalue weighted by molar-refractivity contribution is 0.212. The molecule has 6 heteroatoms. The van der Waals surface area contributed by atoms with Crippen LogP contribution in [0.15, 0.2) is 28.7 Å². The Labute approximate surface area is 110 Å². The Morgan fingerprint density at radius 3 is 2.29 bits per heavy atom. The van der Waals surface area contributed by atoms with Gasteiger partial charge in [-0.25, -0.2) is 0 Å². The summed E-state index contributed by atoms with van der Waals surface area (Å²) in [6.07, 6.45) is 0. The maximum Gasteiger partial charge on any atom is 0.351 e. The first-order valence-corrected chi connectivity index (χ1v) is 7.84. The highest BCUT2D eigenvalue weighted by Gasteiger charge is 2.34. The number of halogens is 1. The zero-order valence-electron chi connectivity index (χ0n) is 9.93. The molecule has 0 fully saturated rings. The Morgan fingerprint density at radius 1 is 1.29 bits per heavy atom. The second-order valence-corrected chi connectivity index (χ2v) is 6.35. The largest absolute Gasteiger partial charge is 0.351 e. The quantitative estimate of drug-likeness (QED) is 0.812. The molecule has 0 saturated heterocycles. The Hall–Kier alpha value is -0.190. The third-order valence-electron chi connectivity index (χ3n) is 2.18. The highest BCUT2D eigenvalue weighted by atomic mass is 79.9. The molecule has 4 nitrogen and oxygen atoms in total. The lowest BCUT2D eigenvalue weighted by Gasteiger charge is -2.24. The van der Waals surface area contributed by atoms with Crippen molar-refractivity contribution in [3.63, 3.8) is 0 Å². The second-order valence-electron chi connectivity index (χ2n) is 3.34. The molecule has 0 aliphatic carbocycles. The molecule has 96 valence electrons. The maximum absolute atomic E-state index is 12.5. The summed E-state index contributed by atoms with van der Waals surface area (Å²) in [5.41, 5.74) is 6.72. The Morgan fingerprint density at radius 2 is 1.82 bits per heavy atom. The molecule has 2 N–H and O–H groups in total. The average molecular weight is 322 g/mol. The predicted molar refractivity (Wildman–Crippen MR) is 71.9 cm³/mol. The standard InChI is InChI=1S/C11H17BrNO3P/c1-3-15-17(14,16-4-2)11(13)9-7-5-6-8-10(9)12/h5-8,11H,3-4,13H2,1-2H3/t11-/m0/s1. The van der Waals surface area contributed by atoms with Gasteiger partial charge in [-0.1, -0.05) is 34.1 Å². The molecular formula is C11H17BrNO3P. The van der Waals surface area contributed by atoms with Crippen LogP contribution < -0.4 is 5.73 Å². The van der Waals surface area contributed by atoms with E-state index in [0.717, 1.165) is 10.0 Å². The molecule has 1 aromatic carbocycles. The van der Waals surface area contributed by atoms with E-state index in [0.29, 0.717) is 13.2 Å². The topological polar surface area (TPSA) is 61.5 Å². The van der Waals surface area contributed by atoms with Crippen LogP contribution in [0.25, 0.3) is 0 Å². The third-order valence-corrected chi connectivity index (χ3v) is 5.10. The number of hydrogen-bond donors (Lipinski definition) is 1. The van der Waals surface area contributed by atoms with Crippen LogP contribution >= 0.6 is 23.5 Å². The molecule has 1 atom stereocenters. The van der Waals surface area contributed by atoms with E-state index < -0.39 is 13.4 Å². The monoisotopic (exact) mass is 321 g/mol. The van der Waals surface area contributed by atoms with Gasteiger partial charge in [0, 0.05) is 4.47 Å². The van der Waals surface area contributed by atoms with E-state index in [2.05, 4.69) is 15.9 Å². The van der Waals surface area contributed by atoms with Gasteiger partial charge in [-0.05, 0) is 25.5 Å². The average Bonchev–Trinajstić information content (AvgIpc) is 2.29. The number of hydrogen-bond acceptors (Lipinski definition) is 4. The fourth-order valence-corrected chi connectivity index (χ4v) is 3.83. The summed E-state index contributed by atoms with van der Waals surface area (Å²) in [6, 6.07) is 7.35. The zero-order valence-corrected chi connectivity index (χ0v) is 12.4. The smallest absolute Gasteiger partial charge is 0.314 e. The Balaban J connectivity index is 3.04. The summed E-state index contributed by atoms with van der Waals surface area (Å²) in [4.78, 5) is 0. The summed E-state index contributed by atoms with van der Waals surface area (Å²) in [7, 11) is -3.31. The number of nitrogens with two attached hydrogens (primary N) is 1. The molecule has 0 unspecified atom stereocenters. The van der Waals surface area contributed by atoms with Gasteiger partial charge in [0.25, 0.3) is 0 Å². The summed E-state index contributed by atoms with van der Waals surface area (Å²) >= 11 is 3.38. The van der Waals surface area contributed by atoms with Crippen LogP contribution in [-0.4, -0.2) is 13.2 Å². The molecule has 1 aromatic rings. The van der Waals surface area contributed by atoms with Crippen LogP contribution in [-0.2, 0) is 13.6 Å². The SMILES string of the molecule is CCOP(=O)(OCC)[C@H](N)c1ccccc1Br. The van der Waals surface area contributed by atoms with Crippen LogP contribution in [0.4, 0.5) is 0 Å². The Bertz CT molecular complexity index is 403. The highest BCUT2D eigenvalue weighted by Crippen LogP contribution is 2.58. The van der Waals surface area contributed by atoms with Crippen LogP contribution in [0.2, 0.25) is 0 Å². The summed E-state index contributed by atoms with van der Waals surface area (Å²) in [5.74, 6) is -0.780. The molecule has 0 aromatic heterocycles. The molecule has 0 aliphatic heterocycles. The molecule has 0 spiro atoms. The first-order chi connectivity index (χ1) is 8.05. The molecule has 0 saturated carbocycles. The minimum Gasteiger partial charge on any atom is -0.314 e. The lowest BCUT2D eigenvalue weighted by Crippen LogP contribution is -2.15. The molecule has 0 amide bonds. The van der Waals surface area contributed by atoms with Crippen LogP contribution in [0.5, 0.6) is 0 Å². The van der Waals surface area contributed by atoms with Gasteiger partial charge in [-0.15, -0.1) is 0 Å². The van der Waals surface area contributed by atoms with Gasteiger partial charge < -0.3 is 14.8 Å². The van der Waals surface area contributed by atoms with Crippen molar-refractivity contribution in [1.82, 2.24) is 0 Å². The first-order valence-electron chi connectivity index (χ1n) is 5.44. The number of rotatable bonds is 6. The van der Waals surface area contributed by atoms with Crippen molar-refractivity contribution in [2.75, 3.05) is 13.2 Å². The van der Waals surface area contributed by atoms with E-state index in [-0.39, 0.29) is 0 Å². The summed E-state index contributed by atoms with van der Waals surface area (Å²) in [6.45, 7) is 4.13. The first kappa shape index (κ1) is 14.9. The molecule has 0 radical (unpaired) electrons. The van der Waals surface area contributed by atoms with Crippen molar-refractivity contribution in [3.05, 3.63) is 34.3 Å². The maximum atomic E-state index is 12.5. The van der Waals surface area contributed by atoms with Crippen LogP contribution in [0.1, 0.15) is 25.2 Å². The fourth-order valence-electron chi connectivity index (χ4n) is 1.44. The normalized spacial score (nSPS) is 13.6. The summed E-state index contributed by atoms with van der Waals surface area (Å²) < 4.78 is 23.7. The van der Waals surface area contributed by atoms with E-state index in [4.69, 9.17) is 14.8 Å². The fraction of sp³-hybridized carbons (Fsp3) is 0.455. The van der Waals surface area contributed by atoms with Crippen molar-refractivity contribution >= 4 is 23.5 Å². The zero-order chi connectivity index (χ0) is 12.9. The minimum absolute atomic E-state index is 0.301. The second kappa shape index (κ2) is 6.66. The van der Waals surface area contributed by atoms with E-state index in [1.54, 1.807) is 19.9 Å². The van der Waals surface area contributed by atoms with Gasteiger partial charge in [0.15, 0.2) is 0 Å². The molecule has 1 rings (SSSR count). The van der Waals surface area contributed by atoms with Crippen molar-refractivity contribution in [2.24, 2.45) is 5.73 Å². The van der Waals surface area contributed by atoms with Crippen LogP contribution in [0, 0.1) is 0 Å². The van der Waals surface area contributed by atoms with E-state index in [1.165, 1.54) is 0 Å². The van der Waals surface area contributed by atoms with E-state index in [1.807, 2.05) is 18.2 Å². The minimum atomic E-state index is -3.31. The molecule has 0 bridgehead atoms. The lowest BCUT2D eigenvalue weighted by atomic mass is 10.2. The van der Waals surface area contributed by atoms with Gasteiger partial charge in [-0.3, -0.25) is 4.57 Å². The number of benzene rings is 1. The van der Waals surface area contributed by atoms with Crippen molar-refractivity contribution in [1.29, 1.82) is 0 Å². The highest BCUT2D eigenvalue weighted by molar-refractivity contribution is 9.10. The molecule has 0 aliphatic rings. The Kier molecular flexibility index (Phi) is 5.83. The predicted octanol–water partition coefficient (Wildman–Crippen LogP) is 3.67. The van der Waals surface area contributed by atoms with E-state index >= 15 is 0 Å². The molecule has 17 heavy (non-hydrogen) atoms. The van der Waals surface area contributed by atoms with Gasteiger partial charge in [0.2, 0.25) is 0 Å². The van der Waals surface area contributed by atoms with E-state index in [9.17, 15) is 4.57 Å². The summed E-state index contributed by atoms with van der Waals surface area (Å²) in [5, 5.41) is 0. The molecule has 0 heterocycles. The van der Waals surface area contributed by atoms with Gasteiger partial charge in [0.1, 0.15) is 5.78 Å². The van der Waals surface area contributed by atoms with Crippen molar-refractivity contribution in [2.45, 2.75) is 19.6 Å². The van der Waals surface area contributed by atoms with Crippen molar-refractivity contribution in [3.8, 4) is 0 Å². The van der Waals surface area contributed by atoms with Crippen LogP contribution in [0.3, 0.4) is 0 Å². The molecular weight excluding hydrogens is 305 g/mol. The third kappa shape index (κ3) is 3.63.